The molecule has 0 aliphatic carbocycles. The highest BCUT2D eigenvalue weighted by Crippen LogP contribution is 2.27. The van der Waals surface area contributed by atoms with E-state index in [9.17, 15) is 4.79 Å². The first kappa shape index (κ1) is 24.4. The first-order chi connectivity index (χ1) is 17.3. The molecular formula is C25H28N10O. The molecule has 0 amide bonds. The van der Waals surface area contributed by atoms with Crippen molar-refractivity contribution in [3.8, 4) is 0 Å². The van der Waals surface area contributed by atoms with Gasteiger partial charge in [0.1, 0.15) is 17.8 Å². The largest absolute Gasteiger partial charge is 0.383 e. The number of carbonyl (C=O) groups is 1. The number of fused-ring (bicyclic) bond motifs is 1. The molecule has 0 radical (unpaired) electrons. The Morgan fingerprint density at radius 1 is 1.14 bits per heavy atom. The van der Waals surface area contributed by atoms with Gasteiger partial charge in [0.2, 0.25) is 0 Å². The highest BCUT2D eigenvalue weighted by Gasteiger charge is 2.21. The molecule has 2 aromatic heterocycles. The summed E-state index contributed by atoms with van der Waals surface area (Å²) in [6.45, 7) is 4.24. The van der Waals surface area contributed by atoms with Crippen molar-refractivity contribution in [3.05, 3.63) is 82.4 Å². The van der Waals surface area contributed by atoms with Crippen LogP contribution in [0.2, 0.25) is 0 Å². The summed E-state index contributed by atoms with van der Waals surface area (Å²) in [6.07, 6.45) is 4.21. The molecule has 2 aromatic carbocycles. The van der Waals surface area contributed by atoms with Crippen LogP contribution in [0.25, 0.3) is 17.1 Å². The number of hydrogen-bond acceptors (Lipinski definition) is 9. The lowest BCUT2D eigenvalue weighted by atomic mass is 10.0. The molecule has 0 bridgehead atoms. The third-order valence-electron chi connectivity index (χ3n) is 6.00. The van der Waals surface area contributed by atoms with E-state index < -0.39 is 0 Å². The van der Waals surface area contributed by atoms with E-state index in [1.165, 1.54) is 6.33 Å². The number of nitrogens with one attached hydrogen (secondary N) is 1. The van der Waals surface area contributed by atoms with Gasteiger partial charge in [0.25, 0.3) is 0 Å². The Morgan fingerprint density at radius 3 is 2.61 bits per heavy atom. The second-order valence-electron chi connectivity index (χ2n) is 8.27. The molecule has 0 unspecified atom stereocenters. The van der Waals surface area contributed by atoms with Gasteiger partial charge in [-0.2, -0.15) is 5.10 Å². The number of nitrogen functional groups attached to an aromatic ring is 1. The summed E-state index contributed by atoms with van der Waals surface area (Å²) in [6, 6.07) is 13.8. The number of benzene rings is 2. The van der Waals surface area contributed by atoms with Crippen molar-refractivity contribution >= 4 is 40.7 Å². The molecule has 36 heavy (non-hydrogen) atoms. The Bertz CT molecular complexity index is 1490. The normalized spacial score (nSPS) is 12.1. The van der Waals surface area contributed by atoms with E-state index in [1.54, 1.807) is 4.68 Å². The smallest absolute Gasteiger partial charge is 0.173 e. The van der Waals surface area contributed by atoms with Crippen LogP contribution in [-0.2, 0) is 6.54 Å². The van der Waals surface area contributed by atoms with Crippen LogP contribution >= 0.6 is 0 Å². The van der Waals surface area contributed by atoms with Crippen LogP contribution in [0.3, 0.4) is 0 Å². The molecule has 4 aromatic rings. The first-order valence-corrected chi connectivity index (χ1v) is 11.2. The monoisotopic (exact) mass is 484 g/mol. The summed E-state index contributed by atoms with van der Waals surface area (Å²) < 4.78 is 1.68. The molecule has 0 atom stereocenters. The number of aryl methyl sites for hydroxylation is 2. The number of rotatable bonds is 8. The van der Waals surface area contributed by atoms with Crippen molar-refractivity contribution in [1.82, 2.24) is 25.3 Å². The zero-order valence-corrected chi connectivity index (χ0v) is 20.3. The van der Waals surface area contributed by atoms with E-state index in [0.717, 1.165) is 34.4 Å². The van der Waals surface area contributed by atoms with Gasteiger partial charge in [0, 0.05) is 24.0 Å². The number of anilines is 2. The van der Waals surface area contributed by atoms with Crippen LogP contribution in [0, 0.1) is 13.8 Å². The van der Waals surface area contributed by atoms with Crippen molar-refractivity contribution in [1.29, 1.82) is 0 Å². The molecule has 4 rings (SSSR count). The third kappa shape index (κ3) is 4.59. The number of nitrogens with zero attached hydrogens (tertiary/aromatic N) is 6. The second kappa shape index (κ2) is 10.2. The molecule has 0 saturated carbocycles. The summed E-state index contributed by atoms with van der Waals surface area (Å²) in [5.74, 6) is 5.58. The Kier molecular flexibility index (Phi) is 6.93. The van der Waals surface area contributed by atoms with Crippen LogP contribution < -0.4 is 27.7 Å². The van der Waals surface area contributed by atoms with E-state index in [-0.39, 0.29) is 18.2 Å². The lowest BCUT2D eigenvalue weighted by Crippen LogP contribution is -2.24. The number of hydrogen-bond donors (Lipinski definition) is 4. The average molecular weight is 485 g/mol. The van der Waals surface area contributed by atoms with Gasteiger partial charge < -0.3 is 16.4 Å². The molecule has 0 fully saturated rings. The predicted molar refractivity (Wildman–Crippen MR) is 142 cm³/mol. The van der Waals surface area contributed by atoms with Gasteiger partial charge in [-0.05, 0) is 42.7 Å². The Morgan fingerprint density at radius 2 is 1.89 bits per heavy atom. The molecule has 0 spiro atoms. The lowest BCUT2D eigenvalue weighted by molar-refractivity contribution is 0.112. The van der Waals surface area contributed by atoms with E-state index in [4.69, 9.17) is 17.3 Å². The summed E-state index contributed by atoms with van der Waals surface area (Å²) in [5.41, 5.74) is 20.5. The van der Waals surface area contributed by atoms with Gasteiger partial charge in [0.05, 0.1) is 11.9 Å². The van der Waals surface area contributed by atoms with Gasteiger partial charge >= 0.3 is 0 Å². The fourth-order valence-corrected chi connectivity index (χ4v) is 4.11. The Labute approximate surface area is 208 Å². The van der Waals surface area contributed by atoms with Gasteiger partial charge in [-0.25, -0.2) is 26.0 Å². The molecule has 11 nitrogen and oxygen atoms in total. The number of amidine groups is 1. The number of hydrazine groups is 1. The maximum atomic E-state index is 11.9. The number of allylic oxidation sites excluding steroid dienone is 1. The van der Waals surface area contributed by atoms with Crippen LogP contribution in [0.1, 0.15) is 32.7 Å². The minimum absolute atomic E-state index is 0.0439. The minimum Gasteiger partial charge on any atom is -0.383 e. The number of aldehydes is 1. The number of para-hydroxylation sites is 1. The fourth-order valence-electron chi connectivity index (χ4n) is 4.11. The zero-order chi connectivity index (χ0) is 25.8. The van der Waals surface area contributed by atoms with Gasteiger partial charge in [-0.15, -0.1) is 5.10 Å². The summed E-state index contributed by atoms with van der Waals surface area (Å²) in [5, 5.41) is 8.97. The fraction of sp³-hybridized carbons (Fsp3) is 0.160. The SMILES string of the molecule is Cc1ccccc1N(C)/C(=C\c1cccc(C)c1C=O)Cn1nc(/C(N)=N/NN)c2c(N)ncnc21. The molecule has 11 heteroatoms. The van der Waals surface area contributed by atoms with Crippen LogP contribution in [0.15, 0.2) is 59.6 Å². The summed E-state index contributed by atoms with van der Waals surface area (Å²) in [7, 11) is 1.97. The Balaban J connectivity index is 1.91. The minimum atomic E-state index is 0.0439. The van der Waals surface area contributed by atoms with Crippen molar-refractivity contribution < 1.29 is 4.79 Å². The van der Waals surface area contributed by atoms with E-state index >= 15 is 0 Å². The molecule has 7 N–H and O–H groups in total. The zero-order valence-electron chi connectivity index (χ0n) is 20.3. The quantitative estimate of drug-likeness (QED) is 0.0962. The molecule has 0 saturated heterocycles. The van der Waals surface area contributed by atoms with Crippen LogP contribution in [0.5, 0.6) is 0 Å². The van der Waals surface area contributed by atoms with E-state index in [2.05, 4.69) is 30.6 Å². The van der Waals surface area contributed by atoms with Gasteiger partial charge in [0.15, 0.2) is 17.8 Å². The van der Waals surface area contributed by atoms with Crippen molar-refractivity contribution in [2.45, 2.75) is 20.4 Å². The van der Waals surface area contributed by atoms with Gasteiger partial charge in [-0.3, -0.25) is 4.79 Å². The third-order valence-corrected chi connectivity index (χ3v) is 6.00. The van der Waals surface area contributed by atoms with E-state index in [1.807, 2.05) is 69.4 Å². The average Bonchev–Trinajstić information content (AvgIpc) is 3.23. The highest BCUT2D eigenvalue weighted by molar-refractivity contribution is 6.09. The second-order valence-corrected chi connectivity index (χ2v) is 8.27. The Hall–Kier alpha value is -4.77. The molecular weight excluding hydrogens is 456 g/mol. The molecule has 0 aliphatic heterocycles. The topological polar surface area (TPSA) is 166 Å². The number of likely N-dealkylation sites (N-methyl/N-ethyl adjacent to an activating group) is 1. The number of nitrogens with two attached hydrogens (primary N) is 3. The first-order valence-electron chi connectivity index (χ1n) is 11.2. The summed E-state index contributed by atoms with van der Waals surface area (Å²) in [4.78, 5) is 22.5. The van der Waals surface area contributed by atoms with E-state index in [0.29, 0.717) is 22.3 Å². The standard InChI is InChI=1S/C25H28N10O/c1-15-8-6-9-17(19(15)13-36)11-18(34(3)20-10-5-4-7-16(20)2)12-35-25-21(23(26)29-14-30-25)22(32-35)24(27)31-33-28/h4-11,13-14,33H,12,28H2,1-3H3,(H2,27,31)(H2,26,29,30)/b18-11-. The highest BCUT2D eigenvalue weighted by atomic mass is 16.1. The molecule has 184 valence electrons. The lowest BCUT2D eigenvalue weighted by Gasteiger charge is -2.25. The van der Waals surface area contributed by atoms with Crippen LogP contribution in [-0.4, -0.2) is 38.9 Å². The maximum absolute atomic E-state index is 11.9. The summed E-state index contributed by atoms with van der Waals surface area (Å²) >= 11 is 0. The number of aromatic nitrogens is 4. The predicted octanol–water partition coefficient (Wildman–Crippen LogP) is 2.10. The molecule has 0 aliphatic rings. The number of carbonyl (C=O) groups excluding carboxylic acids is 1. The number of hydrazone groups is 1. The van der Waals surface area contributed by atoms with Crippen molar-refractivity contribution in [2.75, 3.05) is 17.7 Å². The van der Waals surface area contributed by atoms with Gasteiger partial charge in [-0.1, -0.05) is 36.4 Å². The van der Waals surface area contributed by atoms with Crippen LogP contribution in [0.4, 0.5) is 11.5 Å². The van der Waals surface area contributed by atoms with Crippen molar-refractivity contribution in [2.24, 2.45) is 16.7 Å². The molecule has 2 heterocycles. The van der Waals surface area contributed by atoms with Crippen molar-refractivity contribution in [3.63, 3.8) is 0 Å². The maximum Gasteiger partial charge on any atom is 0.173 e.